The first-order valence-electron chi connectivity index (χ1n) is 7.53. The van der Waals surface area contributed by atoms with Crippen molar-refractivity contribution in [2.24, 2.45) is 5.92 Å². The SMILES string of the molecule is CC[C@H](Nc1nc(N)nc(-c2cccc(C(F)(F)F)n2)n1)C(C)C. The Balaban J connectivity index is 2.38. The summed E-state index contributed by atoms with van der Waals surface area (Å²) in [7, 11) is 0. The zero-order valence-corrected chi connectivity index (χ0v) is 13.6. The van der Waals surface area contributed by atoms with E-state index in [9.17, 15) is 13.2 Å². The Hall–Kier alpha value is -2.45. The van der Waals surface area contributed by atoms with Gasteiger partial charge in [0.25, 0.3) is 0 Å². The van der Waals surface area contributed by atoms with Gasteiger partial charge in [-0.1, -0.05) is 26.8 Å². The molecular formula is C15H19F3N6. The predicted octanol–water partition coefficient (Wildman–Crippen LogP) is 3.38. The van der Waals surface area contributed by atoms with Crippen LogP contribution >= 0.6 is 0 Å². The molecule has 0 fully saturated rings. The molecule has 0 aliphatic heterocycles. The van der Waals surface area contributed by atoms with E-state index in [2.05, 4.69) is 25.3 Å². The van der Waals surface area contributed by atoms with Crippen LogP contribution in [0.25, 0.3) is 11.5 Å². The molecule has 0 saturated heterocycles. The standard InChI is InChI=1S/C15H19F3N6/c1-4-9(8(2)3)21-14-23-12(22-13(19)24-14)10-6-5-7-11(20-10)15(16,17)18/h5-9H,4H2,1-3H3,(H3,19,21,22,23,24)/t9-/m0/s1. The largest absolute Gasteiger partial charge is 0.433 e. The van der Waals surface area contributed by atoms with Gasteiger partial charge < -0.3 is 11.1 Å². The molecule has 9 heteroatoms. The third kappa shape index (κ3) is 4.30. The molecule has 0 aromatic carbocycles. The highest BCUT2D eigenvalue weighted by Gasteiger charge is 2.32. The minimum absolute atomic E-state index is 0.00490. The van der Waals surface area contributed by atoms with E-state index in [-0.39, 0.29) is 29.5 Å². The Morgan fingerprint density at radius 2 is 1.83 bits per heavy atom. The maximum Gasteiger partial charge on any atom is 0.433 e. The van der Waals surface area contributed by atoms with E-state index in [1.165, 1.54) is 12.1 Å². The zero-order valence-electron chi connectivity index (χ0n) is 13.6. The molecule has 2 rings (SSSR count). The number of alkyl halides is 3. The first-order chi connectivity index (χ1) is 11.2. The monoisotopic (exact) mass is 340 g/mol. The summed E-state index contributed by atoms with van der Waals surface area (Å²) in [5.41, 5.74) is 4.64. The van der Waals surface area contributed by atoms with Gasteiger partial charge in [0.05, 0.1) is 0 Å². The molecule has 24 heavy (non-hydrogen) atoms. The van der Waals surface area contributed by atoms with Crippen molar-refractivity contribution in [3.63, 3.8) is 0 Å². The van der Waals surface area contributed by atoms with Gasteiger partial charge in [-0.25, -0.2) is 4.98 Å². The summed E-state index contributed by atoms with van der Waals surface area (Å²) in [5.74, 6) is 0.454. The Morgan fingerprint density at radius 3 is 2.42 bits per heavy atom. The van der Waals surface area contributed by atoms with Gasteiger partial charge in [-0.15, -0.1) is 0 Å². The van der Waals surface area contributed by atoms with Crippen LogP contribution in [0, 0.1) is 5.92 Å². The molecule has 6 nitrogen and oxygen atoms in total. The van der Waals surface area contributed by atoms with Gasteiger partial charge in [-0.05, 0) is 24.5 Å². The third-order valence-electron chi connectivity index (χ3n) is 3.48. The molecule has 0 unspecified atom stereocenters. The average Bonchev–Trinajstić information content (AvgIpc) is 2.51. The summed E-state index contributed by atoms with van der Waals surface area (Å²) >= 11 is 0. The lowest BCUT2D eigenvalue weighted by molar-refractivity contribution is -0.141. The number of rotatable bonds is 5. The number of anilines is 2. The molecule has 0 aliphatic rings. The lowest BCUT2D eigenvalue weighted by Gasteiger charge is -2.20. The molecule has 2 heterocycles. The van der Waals surface area contributed by atoms with Crippen LogP contribution in [-0.2, 0) is 6.18 Å². The number of nitrogens with zero attached hydrogens (tertiary/aromatic N) is 4. The predicted molar refractivity (Wildman–Crippen MR) is 85.0 cm³/mol. The van der Waals surface area contributed by atoms with Gasteiger partial charge in [0.2, 0.25) is 11.9 Å². The van der Waals surface area contributed by atoms with Crippen LogP contribution in [-0.4, -0.2) is 26.0 Å². The van der Waals surface area contributed by atoms with Crippen molar-refractivity contribution in [1.82, 2.24) is 19.9 Å². The lowest BCUT2D eigenvalue weighted by atomic mass is 10.0. The number of pyridine rings is 1. The van der Waals surface area contributed by atoms with Crippen LogP contribution in [0.1, 0.15) is 32.9 Å². The molecule has 0 spiro atoms. The van der Waals surface area contributed by atoms with E-state index in [0.29, 0.717) is 5.92 Å². The molecule has 2 aromatic heterocycles. The molecule has 0 saturated carbocycles. The van der Waals surface area contributed by atoms with Crippen molar-refractivity contribution < 1.29 is 13.2 Å². The van der Waals surface area contributed by atoms with Crippen molar-refractivity contribution in [2.75, 3.05) is 11.1 Å². The molecule has 0 aliphatic carbocycles. The number of nitrogens with two attached hydrogens (primary N) is 1. The number of hydrogen-bond acceptors (Lipinski definition) is 6. The van der Waals surface area contributed by atoms with Crippen molar-refractivity contribution in [2.45, 2.75) is 39.4 Å². The Labute approximate surface area is 137 Å². The van der Waals surface area contributed by atoms with Crippen molar-refractivity contribution in [3.8, 4) is 11.5 Å². The average molecular weight is 340 g/mol. The quantitative estimate of drug-likeness (QED) is 0.867. The first-order valence-corrected chi connectivity index (χ1v) is 7.53. The maximum atomic E-state index is 12.8. The fourth-order valence-electron chi connectivity index (χ4n) is 2.19. The van der Waals surface area contributed by atoms with E-state index in [1.807, 2.05) is 20.8 Å². The molecule has 130 valence electrons. The van der Waals surface area contributed by atoms with Crippen LogP contribution in [0.15, 0.2) is 18.2 Å². The van der Waals surface area contributed by atoms with Gasteiger partial charge in [0, 0.05) is 6.04 Å². The van der Waals surface area contributed by atoms with Crippen molar-refractivity contribution in [1.29, 1.82) is 0 Å². The van der Waals surface area contributed by atoms with Crippen LogP contribution in [0.4, 0.5) is 25.1 Å². The van der Waals surface area contributed by atoms with E-state index < -0.39 is 11.9 Å². The van der Waals surface area contributed by atoms with Crippen LogP contribution < -0.4 is 11.1 Å². The second kappa shape index (κ2) is 6.98. The van der Waals surface area contributed by atoms with Crippen molar-refractivity contribution in [3.05, 3.63) is 23.9 Å². The molecular weight excluding hydrogens is 321 g/mol. The number of hydrogen-bond donors (Lipinski definition) is 2. The van der Waals surface area contributed by atoms with Gasteiger partial charge in [-0.3, -0.25) is 0 Å². The normalized spacial score (nSPS) is 13.1. The molecule has 0 radical (unpaired) electrons. The summed E-state index contributed by atoms with van der Waals surface area (Å²) in [4.78, 5) is 15.6. The van der Waals surface area contributed by atoms with Crippen LogP contribution in [0.5, 0.6) is 0 Å². The highest BCUT2D eigenvalue weighted by molar-refractivity contribution is 5.53. The Kier molecular flexibility index (Phi) is 5.20. The number of nitrogen functional groups attached to an aromatic ring is 1. The summed E-state index contributed by atoms with van der Waals surface area (Å²) in [5, 5.41) is 3.13. The second-order valence-electron chi connectivity index (χ2n) is 5.65. The highest BCUT2D eigenvalue weighted by atomic mass is 19.4. The fraction of sp³-hybridized carbons (Fsp3) is 0.467. The minimum Gasteiger partial charge on any atom is -0.368 e. The van der Waals surface area contributed by atoms with Gasteiger partial charge >= 0.3 is 6.18 Å². The number of aromatic nitrogens is 4. The molecule has 2 aromatic rings. The van der Waals surface area contributed by atoms with Gasteiger partial charge in [0.15, 0.2) is 5.82 Å². The maximum absolute atomic E-state index is 12.8. The van der Waals surface area contributed by atoms with Crippen LogP contribution in [0.2, 0.25) is 0 Å². The van der Waals surface area contributed by atoms with E-state index in [1.54, 1.807) is 0 Å². The summed E-state index contributed by atoms with van der Waals surface area (Å²) in [6, 6.07) is 3.64. The summed E-state index contributed by atoms with van der Waals surface area (Å²) < 4.78 is 38.4. The number of nitrogens with one attached hydrogen (secondary N) is 1. The molecule has 0 amide bonds. The Morgan fingerprint density at radius 1 is 1.12 bits per heavy atom. The Bertz CT molecular complexity index is 702. The van der Waals surface area contributed by atoms with Gasteiger partial charge in [0.1, 0.15) is 11.4 Å². The number of halogens is 3. The fourth-order valence-corrected chi connectivity index (χ4v) is 2.19. The van der Waals surface area contributed by atoms with Crippen molar-refractivity contribution >= 4 is 11.9 Å². The van der Waals surface area contributed by atoms with E-state index >= 15 is 0 Å². The molecule has 1 atom stereocenters. The van der Waals surface area contributed by atoms with E-state index in [4.69, 9.17) is 5.73 Å². The lowest BCUT2D eigenvalue weighted by Crippen LogP contribution is -2.26. The first kappa shape index (κ1) is 17.9. The highest BCUT2D eigenvalue weighted by Crippen LogP contribution is 2.29. The third-order valence-corrected chi connectivity index (χ3v) is 3.48. The molecule has 3 N–H and O–H groups in total. The molecule has 0 bridgehead atoms. The summed E-state index contributed by atoms with van der Waals surface area (Å²) in [6.45, 7) is 6.10. The van der Waals surface area contributed by atoms with Gasteiger partial charge in [-0.2, -0.15) is 28.1 Å². The zero-order chi connectivity index (χ0) is 17.9. The topological polar surface area (TPSA) is 89.6 Å². The summed E-state index contributed by atoms with van der Waals surface area (Å²) in [6.07, 6.45) is -3.71. The van der Waals surface area contributed by atoms with Crippen LogP contribution in [0.3, 0.4) is 0 Å². The second-order valence-corrected chi connectivity index (χ2v) is 5.65. The smallest absolute Gasteiger partial charge is 0.368 e. The minimum atomic E-state index is -4.54. The van der Waals surface area contributed by atoms with E-state index in [0.717, 1.165) is 12.5 Å².